The van der Waals surface area contributed by atoms with Gasteiger partial charge in [-0.05, 0) is 54.6 Å². The van der Waals surface area contributed by atoms with Crippen LogP contribution in [-0.2, 0) is 6.42 Å². The highest BCUT2D eigenvalue weighted by Crippen LogP contribution is 2.41. The van der Waals surface area contributed by atoms with Crippen LogP contribution in [0.15, 0.2) is 42.5 Å². The summed E-state index contributed by atoms with van der Waals surface area (Å²) in [5, 5.41) is 0.491. The number of anilines is 1. The molecule has 1 aromatic heterocycles. The fourth-order valence-electron chi connectivity index (χ4n) is 4.58. The van der Waals surface area contributed by atoms with Crippen molar-refractivity contribution in [3.63, 3.8) is 0 Å². The summed E-state index contributed by atoms with van der Waals surface area (Å²) in [6.45, 7) is 4.13. The van der Waals surface area contributed by atoms with E-state index in [2.05, 4.69) is 35.0 Å². The average Bonchev–Trinajstić information content (AvgIpc) is 3.16. The Morgan fingerprint density at radius 3 is 2.56 bits per heavy atom. The summed E-state index contributed by atoms with van der Waals surface area (Å²) in [6.07, 6.45) is 0.654. The molecule has 3 aromatic rings. The molecule has 1 aliphatic carbocycles. The van der Waals surface area contributed by atoms with Crippen LogP contribution >= 0.6 is 11.6 Å². The highest BCUT2D eigenvalue weighted by molar-refractivity contribution is 6.32. The summed E-state index contributed by atoms with van der Waals surface area (Å²) in [5.41, 5.74) is 12.9. The number of aromatic nitrogens is 1. The molecular formula is C25H25ClN4O2. The highest BCUT2D eigenvalue weighted by atomic mass is 35.5. The van der Waals surface area contributed by atoms with E-state index in [9.17, 15) is 4.79 Å². The summed E-state index contributed by atoms with van der Waals surface area (Å²) in [7, 11) is 3.73. The van der Waals surface area contributed by atoms with Gasteiger partial charge in [-0.3, -0.25) is 4.79 Å². The highest BCUT2D eigenvalue weighted by Gasteiger charge is 2.27. The zero-order valence-corrected chi connectivity index (χ0v) is 18.9. The third-order valence-electron chi connectivity index (χ3n) is 6.42. The third kappa shape index (κ3) is 3.59. The second-order valence-corrected chi connectivity index (χ2v) is 8.81. The number of carbonyl (C=O) groups excluding carboxylic acids is 1. The lowest BCUT2D eigenvalue weighted by molar-refractivity contribution is 0.0999. The Hall–Kier alpha value is -3.09. The Morgan fingerprint density at radius 1 is 1.09 bits per heavy atom. The van der Waals surface area contributed by atoms with Crippen molar-refractivity contribution in [1.82, 2.24) is 9.88 Å². The number of nitrogens with zero attached hydrogens (tertiary/aromatic N) is 3. The Balaban J connectivity index is 1.56. The number of nitrogens with two attached hydrogens (primary N) is 1. The molecule has 7 heteroatoms. The van der Waals surface area contributed by atoms with Crippen molar-refractivity contribution in [2.45, 2.75) is 6.42 Å². The fourth-order valence-corrected chi connectivity index (χ4v) is 4.83. The molecule has 0 radical (unpaired) electrons. The number of hydrogen-bond acceptors (Lipinski definition) is 5. The first-order chi connectivity index (χ1) is 15.4. The number of methoxy groups -OCH3 is 1. The van der Waals surface area contributed by atoms with Crippen molar-refractivity contribution in [3.8, 4) is 28.3 Å². The van der Waals surface area contributed by atoms with Gasteiger partial charge in [0.15, 0.2) is 0 Å². The van der Waals surface area contributed by atoms with Crippen LogP contribution in [0.25, 0.3) is 22.5 Å². The van der Waals surface area contributed by atoms with Gasteiger partial charge in [0.2, 0.25) is 5.91 Å². The van der Waals surface area contributed by atoms with Crippen LogP contribution in [0.2, 0.25) is 5.02 Å². The quantitative estimate of drug-likeness (QED) is 0.513. The minimum absolute atomic E-state index is 0.448. The van der Waals surface area contributed by atoms with E-state index >= 15 is 0 Å². The number of benzene rings is 2. The van der Waals surface area contributed by atoms with Crippen LogP contribution in [-0.4, -0.2) is 56.1 Å². The number of hydrogen-bond donors (Lipinski definition) is 1. The zero-order valence-electron chi connectivity index (χ0n) is 18.2. The van der Waals surface area contributed by atoms with E-state index in [4.69, 9.17) is 27.1 Å². The van der Waals surface area contributed by atoms with E-state index in [-0.39, 0.29) is 0 Å². The molecule has 1 fully saturated rings. The Kier molecular flexibility index (Phi) is 5.27. The number of piperazine rings is 1. The van der Waals surface area contributed by atoms with Gasteiger partial charge in [-0.2, -0.15) is 0 Å². The molecule has 0 atom stereocenters. The molecule has 0 spiro atoms. The number of pyridine rings is 1. The Labute approximate surface area is 192 Å². The second-order valence-electron chi connectivity index (χ2n) is 8.40. The maximum Gasteiger partial charge on any atom is 0.249 e. The SMILES string of the molecule is COc1ccc(-c2cc(C(N)=O)c3c(n2)-c2ccc(N4CCN(C)CC4)cc2C3)cc1Cl. The van der Waals surface area contributed by atoms with Crippen LogP contribution in [0.3, 0.4) is 0 Å². The molecule has 32 heavy (non-hydrogen) atoms. The number of halogens is 1. The van der Waals surface area contributed by atoms with Crippen LogP contribution in [0.1, 0.15) is 21.5 Å². The molecule has 2 heterocycles. The zero-order chi connectivity index (χ0) is 22.4. The summed E-state index contributed by atoms with van der Waals surface area (Å²) in [4.78, 5) is 22.0. The molecule has 6 nitrogen and oxygen atoms in total. The largest absolute Gasteiger partial charge is 0.495 e. The van der Waals surface area contributed by atoms with Gasteiger partial charge in [0.05, 0.1) is 23.5 Å². The third-order valence-corrected chi connectivity index (χ3v) is 6.71. The number of amides is 1. The van der Waals surface area contributed by atoms with Crippen molar-refractivity contribution in [2.24, 2.45) is 5.73 Å². The van der Waals surface area contributed by atoms with Gasteiger partial charge < -0.3 is 20.3 Å². The van der Waals surface area contributed by atoms with E-state index in [1.807, 2.05) is 6.07 Å². The van der Waals surface area contributed by atoms with Gasteiger partial charge in [-0.25, -0.2) is 4.98 Å². The van der Waals surface area contributed by atoms with E-state index in [1.165, 1.54) is 11.3 Å². The molecular weight excluding hydrogens is 424 g/mol. The number of primary amides is 1. The predicted molar refractivity (Wildman–Crippen MR) is 128 cm³/mol. The van der Waals surface area contributed by atoms with Crippen molar-refractivity contribution >= 4 is 23.2 Å². The monoisotopic (exact) mass is 448 g/mol. The molecule has 1 saturated heterocycles. The van der Waals surface area contributed by atoms with Crippen LogP contribution in [0, 0.1) is 0 Å². The lowest BCUT2D eigenvalue weighted by Crippen LogP contribution is -2.44. The fraction of sp³-hybridized carbons (Fsp3) is 0.280. The van der Waals surface area contributed by atoms with Gasteiger partial charge in [-0.1, -0.05) is 17.7 Å². The number of fused-ring (bicyclic) bond motifs is 3. The van der Waals surface area contributed by atoms with Crippen LogP contribution < -0.4 is 15.4 Å². The van der Waals surface area contributed by atoms with Gasteiger partial charge >= 0.3 is 0 Å². The van der Waals surface area contributed by atoms with E-state index in [1.54, 1.807) is 25.3 Å². The maximum absolute atomic E-state index is 12.3. The van der Waals surface area contributed by atoms with Crippen LogP contribution in [0.5, 0.6) is 5.75 Å². The first kappa shape index (κ1) is 20.8. The van der Waals surface area contributed by atoms with E-state index in [0.29, 0.717) is 28.5 Å². The smallest absolute Gasteiger partial charge is 0.249 e. The molecule has 1 aliphatic heterocycles. The van der Waals surface area contributed by atoms with Gasteiger partial charge in [0, 0.05) is 55.0 Å². The molecule has 1 amide bonds. The molecule has 0 bridgehead atoms. The summed E-state index contributed by atoms with van der Waals surface area (Å²) < 4.78 is 5.25. The summed E-state index contributed by atoms with van der Waals surface area (Å²) in [6, 6.07) is 13.8. The van der Waals surface area contributed by atoms with Gasteiger partial charge in [0.1, 0.15) is 5.75 Å². The number of likely N-dealkylation sites (N-methyl/N-ethyl adjacent to an activating group) is 1. The number of carbonyl (C=O) groups is 1. The lowest BCUT2D eigenvalue weighted by Gasteiger charge is -2.34. The normalized spacial score (nSPS) is 15.4. The predicted octanol–water partition coefficient (Wildman–Crippen LogP) is 3.83. The van der Waals surface area contributed by atoms with E-state index < -0.39 is 5.91 Å². The second kappa shape index (κ2) is 8.11. The van der Waals surface area contributed by atoms with E-state index in [0.717, 1.165) is 48.6 Å². The minimum atomic E-state index is -0.448. The van der Waals surface area contributed by atoms with Crippen molar-refractivity contribution < 1.29 is 9.53 Å². The molecule has 2 N–H and O–H groups in total. The van der Waals surface area contributed by atoms with Gasteiger partial charge in [0.25, 0.3) is 0 Å². The standard InChI is InChI=1S/C25H25ClN4O2/c1-29-7-9-30(10-8-29)17-4-5-18-16(11-17)12-19-20(25(27)31)14-22(28-24(18)19)15-3-6-23(32-2)21(26)13-15/h3-6,11,13-14H,7-10,12H2,1-2H3,(H2,27,31). The Morgan fingerprint density at radius 2 is 1.88 bits per heavy atom. The first-order valence-corrected chi connectivity index (χ1v) is 11.1. The Bertz CT molecular complexity index is 1220. The number of rotatable bonds is 4. The lowest BCUT2D eigenvalue weighted by atomic mass is 10.0. The maximum atomic E-state index is 12.3. The first-order valence-electron chi connectivity index (χ1n) is 10.7. The van der Waals surface area contributed by atoms with Crippen molar-refractivity contribution in [1.29, 1.82) is 0 Å². The average molecular weight is 449 g/mol. The minimum Gasteiger partial charge on any atom is -0.495 e. The molecule has 2 aliphatic rings. The number of ether oxygens (including phenoxy) is 1. The van der Waals surface area contributed by atoms with Crippen LogP contribution in [0.4, 0.5) is 5.69 Å². The van der Waals surface area contributed by atoms with Crippen molar-refractivity contribution in [3.05, 3.63) is 64.2 Å². The van der Waals surface area contributed by atoms with Crippen molar-refractivity contribution in [2.75, 3.05) is 45.2 Å². The molecule has 2 aromatic carbocycles. The molecule has 0 unspecified atom stereocenters. The van der Waals surface area contributed by atoms with Gasteiger partial charge in [-0.15, -0.1) is 0 Å². The summed E-state index contributed by atoms with van der Waals surface area (Å²) in [5.74, 6) is 0.144. The molecule has 5 rings (SSSR count). The topological polar surface area (TPSA) is 71.7 Å². The summed E-state index contributed by atoms with van der Waals surface area (Å²) >= 11 is 6.33. The molecule has 164 valence electrons. The molecule has 0 saturated carbocycles.